The standard InChI is InChI=1S/C29H20Cl2FN3O4S2/c1-39-22-9-7-21(8-10-22)33-28-34(26(36)24(40-28)14-17-3-2-4-20(32)13-17)11-12-35-27(37)25(41-29(35)38)15-18-5-6-19(30)16-23(18)31/h2-10,13-16H,11-12H2,1H3/b24-14-,25-15-,33-28?. The number of benzene rings is 3. The fourth-order valence-corrected chi connectivity index (χ4v) is 6.30. The molecule has 208 valence electrons. The summed E-state index contributed by atoms with van der Waals surface area (Å²) in [6.07, 6.45) is 3.12. The van der Waals surface area contributed by atoms with E-state index in [9.17, 15) is 18.8 Å². The van der Waals surface area contributed by atoms with E-state index in [1.54, 1.807) is 67.8 Å². The lowest BCUT2D eigenvalue weighted by Gasteiger charge is -2.19. The molecule has 0 bridgehead atoms. The Hall–Kier alpha value is -3.57. The van der Waals surface area contributed by atoms with E-state index < -0.39 is 17.0 Å². The number of amides is 3. The number of amidine groups is 1. The number of methoxy groups -OCH3 is 1. The summed E-state index contributed by atoms with van der Waals surface area (Å²) in [6.45, 7) is -0.0497. The van der Waals surface area contributed by atoms with Crippen LogP contribution in [0.15, 0.2) is 81.5 Å². The number of imide groups is 1. The second kappa shape index (κ2) is 12.5. The summed E-state index contributed by atoms with van der Waals surface area (Å²) >= 11 is 14.1. The highest BCUT2D eigenvalue weighted by Gasteiger charge is 2.38. The summed E-state index contributed by atoms with van der Waals surface area (Å²) in [4.78, 5) is 47.0. The van der Waals surface area contributed by atoms with Crippen LogP contribution in [0.5, 0.6) is 5.75 Å². The van der Waals surface area contributed by atoms with Crippen LogP contribution in [0, 0.1) is 5.82 Å². The molecule has 2 saturated heterocycles. The van der Waals surface area contributed by atoms with Gasteiger partial charge in [0.15, 0.2) is 5.17 Å². The lowest BCUT2D eigenvalue weighted by molar-refractivity contribution is -0.125. The van der Waals surface area contributed by atoms with Gasteiger partial charge in [0.2, 0.25) is 0 Å². The molecule has 2 heterocycles. The second-order valence-corrected chi connectivity index (χ2v) is 11.6. The van der Waals surface area contributed by atoms with Crippen LogP contribution in [0.25, 0.3) is 12.2 Å². The Bertz CT molecular complexity index is 1640. The van der Waals surface area contributed by atoms with E-state index in [2.05, 4.69) is 4.99 Å². The minimum Gasteiger partial charge on any atom is -0.497 e. The molecule has 41 heavy (non-hydrogen) atoms. The molecule has 0 saturated carbocycles. The zero-order valence-corrected chi connectivity index (χ0v) is 24.5. The third-order valence-electron chi connectivity index (χ3n) is 6.00. The predicted octanol–water partition coefficient (Wildman–Crippen LogP) is 7.48. The van der Waals surface area contributed by atoms with Crippen molar-refractivity contribution in [3.63, 3.8) is 0 Å². The van der Waals surface area contributed by atoms with Gasteiger partial charge in [-0.05, 0) is 95.3 Å². The number of carbonyl (C=O) groups is 3. The number of ether oxygens (including phenoxy) is 1. The number of hydrogen-bond donors (Lipinski definition) is 0. The topological polar surface area (TPSA) is 79.3 Å². The van der Waals surface area contributed by atoms with Crippen LogP contribution in [0.2, 0.25) is 10.0 Å². The summed E-state index contributed by atoms with van der Waals surface area (Å²) in [5, 5.41) is 0.695. The summed E-state index contributed by atoms with van der Waals surface area (Å²) < 4.78 is 19.0. The number of carbonyl (C=O) groups excluding carboxylic acids is 3. The van der Waals surface area contributed by atoms with Crippen molar-refractivity contribution in [1.82, 2.24) is 9.80 Å². The Morgan fingerprint density at radius 2 is 1.59 bits per heavy atom. The van der Waals surface area contributed by atoms with Crippen LogP contribution in [-0.2, 0) is 9.59 Å². The molecule has 5 rings (SSSR count). The van der Waals surface area contributed by atoms with Crippen LogP contribution in [0.4, 0.5) is 14.9 Å². The first-order valence-corrected chi connectivity index (χ1v) is 14.5. The smallest absolute Gasteiger partial charge is 0.293 e. The summed E-state index contributed by atoms with van der Waals surface area (Å²) in [5.74, 6) is -0.637. The molecule has 12 heteroatoms. The third kappa shape index (κ3) is 6.68. The normalized spacial score (nSPS) is 18.4. The molecule has 0 aliphatic carbocycles. The molecule has 0 N–H and O–H groups in total. The van der Waals surface area contributed by atoms with Crippen LogP contribution in [0.3, 0.4) is 0 Å². The number of aliphatic imine (C=N–C) groups is 1. The molecule has 2 fully saturated rings. The molecule has 0 unspecified atom stereocenters. The van der Waals surface area contributed by atoms with Gasteiger partial charge in [0.1, 0.15) is 11.6 Å². The maximum atomic E-state index is 13.8. The van der Waals surface area contributed by atoms with Gasteiger partial charge < -0.3 is 4.74 Å². The first-order chi connectivity index (χ1) is 19.7. The second-order valence-electron chi connectivity index (χ2n) is 8.71. The van der Waals surface area contributed by atoms with Crippen molar-refractivity contribution in [3.05, 3.63) is 104 Å². The van der Waals surface area contributed by atoms with Gasteiger partial charge >= 0.3 is 0 Å². The molecule has 3 aromatic rings. The van der Waals surface area contributed by atoms with E-state index >= 15 is 0 Å². The fourth-order valence-electron chi connectivity index (χ4n) is 3.96. The van der Waals surface area contributed by atoms with Crippen molar-refractivity contribution in [3.8, 4) is 5.75 Å². The lowest BCUT2D eigenvalue weighted by atomic mass is 10.2. The van der Waals surface area contributed by atoms with Gasteiger partial charge in [-0.3, -0.25) is 24.2 Å². The van der Waals surface area contributed by atoms with Crippen molar-refractivity contribution in [2.24, 2.45) is 4.99 Å². The lowest BCUT2D eigenvalue weighted by Crippen LogP contribution is -2.39. The maximum absolute atomic E-state index is 13.8. The molecule has 0 radical (unpaired) electrons. The van der Waals surface area contributed by atoms with E-state index in [4.69, 9.17) is 27.9 Å². The fraction of sp³-hybridized carbons (Fsp3) is 0.103. The zero-order valence-electron chi connectivity index (χ0n) is 21.3. The summed E-state index contributed by atoms with van der Waals surface area (Å²) in [6, 6.07) is 17.7. The number of hydrogen-bond acceptors (Lipinski definition) is 7. The van der Waals surface area contributed by atoms with Crippen molar-refractivity contribution in [2.75, 3.05) is 20.2 Å². The maximum Gasteiger partial charge on any atom is 0.293 e. The first-order valence-electron chi connectivity index (χ1n) is 12.1. The minimum absolute atomic E-state index is 0.00827. The van der Waals surface area contributed by atoms with Crippen molar-refractivity contribution in [1.29, 1.82) is 0 Å². The van der Waals surface area contributed by atoms with Gasteiger partial charge in [-0.2, -0.15) is 0 Å². The van der Waals surface area contributed by atoms with E-state index in [0.717, 1.165) is 28.4 Å². The largest absolute Gasteiger partial charge is 0.497 e. The van der Waals surface area contributed by atoms with Gasteiger partial charge in [0, 0.05) is 23.1 Å². The number of thioether (sulfide) groups is 2. The van der Waals surface area contributed by atoms with E-state index in [-0.39, 0.29) is 23.9 Å². The Labute approximate surface area is 253 Å². The highest BCUT2D eigenvalue weighted by molar-refractivity contribution is 8.19. The quantitative estimate of drug-likeness (QED) is 0.253. The molecular weight excluding hydrogens is 608 g/mol. The van der Waals surface area contributed by atoms with E-state index in [0.29, 0.717) is 42.7 Å². The Morgan fingerprint density at radius 1 is 0.878 bits per heavy atom. The monoisotopic (exact) mass is 627 g/mol. The molecule has 0 atom stereocenters. The van der Waals surface area contributed by atoms with Crippen molar-refractivity contribution >= 4 is 86.8 Å². The van der Waals surface area contributed by atoms with Crippen LogP contribution in [-0.4, -0.2) is 52.2 Å². The Balaban J connectivity index is 1.39. The zero-order chi connectivity index (χ0) is 29.1. The number of halogens is 3. The van der Waals surface area contributed by atoms with Crippen LogP contribution >= 0.6 is 46.7 Å². The highest BCUT2D eigenvalue weighted by Crippen LogP contribution is 2.37. The van der Waals surface area contributed by atoms with Crippen LogP contribution < -0.4 is 4.74 Å². The molecule has 0 spiro atoms. The van der Waals surface area contributed by atoms with Crippen LogP contribution in [0.1, 0.15) is 11.1 Å². The molecule has 7 nitrogen and oxygen atoms in total. The van der Waals surface area contributed by atoms with Gasteiger partial charge in [-0.15, -0.1) is 0 Å². The minimum atomic E-state index is -0.491. The van der Waals surface area contributed by atoms with E-state index in [1.165, 1.54) is 23.1 Å². The molecule has 2 aliphatic heterocycles. The van der Waals surface area contributed by atoms with Gasteiger partial charge in [0.05, 0.1) is 22.6 Å². The average molecular weight is 629 g/mol. The Kier molecular flexibility index (Phi) is 8.84. The van der Waals surface area contributed by atoms with Gasteiger partial charge in [-0.1, -0.05) is 41.4 Å². The molecule has 0 aromatic heterocycles. The number of rotatable bonds is 7. The molecule has 3 amide bonds. The third-order valence-corrected chi connectivity index (χ3v) is 8.48. The van der Waals surface area contributed by atoms with Crippen molar-refractivity contribution < 1.29 is 23.5 Å². The first kappa shape index (κ1) is 28.9. The summed E-state index contributed by atoms with van der Waals surface area (Å²) in [7, 11) is 1.56. The average Bonchev–Trinajstić information content (AvgIpc) is 3.38. The molecule has 3 aromatic carbocycles. The van der Waals surface area contributed by atoms with Crippen molar-refractivity contribution in [2.45, 2.75) is 0 Å². The highest BCUT2D eigenvalue weighted by atomic mass is 35.5. The number of nitrogens with zero attached hydrogens (tertiary/aromatic N) is 3. The SMILES string of the molecule is COc1ccc(N=C2S/C(=C\c3cccc(F)c3)C(=O)N2CCN2C(=O)S/C(=C\c3ccc(Cl)cc3Cl)C2=O)cc1. The molecular formula is C29H20Cl2FN3O4S2. The van der Waals surface area contributed by atoms with E-state index in [1.807, 2.05) is 0 Å². The van der Waals surface area contributed by atoms with Gasteiger partial charge in [0.25, 0.3) is 17.1 Å². The summed E-state index contributed by atoms with van der Waals surface area (Å²) in [5.41, 5.74) is 1.64. The van der Waals surface area contributed by atoms with Gasteiger partial charge in [-0.25, -0.2) is 9.38 Å². The molecule has 2 aliphatic rings. The Morgan fingerprint density at radius 3 is 2.29 bits per heavy atom. The predicted molar refractivity (Wildman–Crippen MR) is 163 cm³/mol.